The number of aromatic hydroxyl groups is 1. The first-order valence-corrected chi connectivity index (χ1v) is 9.61. The molecule has 0 saturated carbocycles. The average Bonchev–Trinajstić information content (AvgIpc) is 2.67. The van der Waals surface area contributed by atoms with Crippen LogP contribution in [0.25, 0.3) is 0 Å². The Morgan fingerprint density at radius 3 is 2.44 bits per heavy atom. The number of rotatable bonds is 7. The van der Waals surface area contributed by atoms with Gasteiger partial charge in [0.05, 0.1) is 18.3 Å². The van der Waals surface area contributed by atoms with E-state index in [1.54, 1.807) is 12.1 Å². The molecule has 3 rings (SSSR count). The first-order chi connectivity index (χ1) is 13.0. The van der Waals surface area contributed by atoms with Crippen LogP contribution in [0, 0.1) is 0 Å². The summed E-state index contributed by atoms with van der Waals surface area (Å²) in [7, 11) is 0. The van der Waals surface area contributed by atoms with Crippen molar-refractivity contribution in [1.82, 2.24) is 4.90 Å². The van der Waals surface area contributed by atoms with E-state index in [-0.39, 0.29) is 5.75 Å². The third kappa shape index (κ3) is 5.22. The molecule has 1 saturated heterocycles. The first kappa shape index (κ1) is 19.7. The fourth-order valence-corrected chi connectivity index (χ4v) is 3.68. The SMILES string of the molecule is CCOc1ccc(CN2CCC(O)(CC(O)c3ccccc3)CC2)cc1O. The van der Waals surface area contributed by atoms with E-state index in [9.17, 15) is 15.3 Å². The zero-order valence-corrected chi connectivity index (χ0v) is 15.8. The van der Waals surface area contributed by atoms with Crippen LogP contribution < -0.4 is 4.74 Å². The molecule has 1 atom stereocenters. The van der Waals surface area contributed by atoms with Gasteiger partial charge < -0.3 is 20.1 Å². The largest absolute Gasteiger partial charge is 0.504 e. The molecule has 0 bridgehead atoms. The average molecular weight is 371 g/mol. The normalized spacial score (nSPS) is 18.2. The minimum atomic E-state index is -0.841. The summed E-state index contributed by atoms with van der Waals surface area (Å²) in [6, 6.07) is 15.0. The molecule has 0 amide bonds. The Balaban J connectivity index is 1.53. The molecular formula is C22H29NO4. The van der Waals surface area contributed by atoms with Gasteiger partial charge in [0.2, 0.25) is 0 Å². The van der Waals surface area contributed by atoms with Gasteiger partial charge in [-0.15, -0.1) is 0 Å². The molecule has 1 heterocycles. The van der Waals surface area contributed by atoms with Crippen LogP contribution >= 0.6 is 0 Å². The Hall–Kier alpha value is -2.08. The van der Waals surface area contributed by atoms with Crippen molar-refractivity contribution in [1.29, 1.82) is 0 Å². The summed E-state index contributed by atoms with van der Waals surface area (Å²) >= 11 is 0. The number of hydrogen-bond acceptors (Lipinski definition) is 5. The maximum Gasteiger partial charge on any atom is 0.160 e. The molecule has 1 aliphatic rings. The summed E-state index contributed by atoms with van der Waals surface area (Å²) < 4.78 is 5.36. The lowest BCUT2D eigenvalue weighted by molar-refractivity contribution is -0.0567. The van der Waals surface area contributed by atoms with Crippen LogP contribution in [0.5, 0.6) is 11.5 Å². The van der Waals surface area contributed by atoms with Crippen molar-refractivity contribution in [3.63, 3.8) is 0 Å². The summed E-state index contributed by atoms with van der Waals surface area (Å²) in [5, 5.41) is 31.3. The van der Waals surface area contributed by atoms with E-state index in [1.807, 2.05) is 43.3 Å². The molecule has 1 unspecified atom stereocenters. The maximum atomic E-state index is 10.9. The number of piperidine rings is 1. The molecule has 2 aromatic carbocycles. The Morgan fingerprint density at radius 2 is 1.81 bits per heavy atom. The number of likely N-dealkylation sites (tertiary alicyclic amines) is 1. The number of aliphatic hydroxyl groups excluding tert-OH is 1. The van der Waals surface area contributed by atoms with Crippen molar-refractivity contribution < 1.29 is 20.1 Å². The highest BCUT2D eigenvalue weighted by Gasteiger charge is 2.34. The number of benzene rings is 2. The second kappa shape index (κ2) is 8.74. The lowest BCUT2D eigenvalue weighted by Gasteiger charge is -2.39. The van der Waals surface area contributed by atoms with E-state index in [4.69, 9.17) is 4.74 Å². The van der Waals surface area contributed by atoms with Gasteiger partial charge in [-0.05, 0) is 43.0 Å². The number of ether oxygens (including phenoxy) is 1. The molecule has 27 heavy (non-hydrogen) atoms. The van der Waals surface area contributed by atoms with E-state index in [0.29, 0.717) is 31.6 Å². The summed E-state index contributed by atoms with van der Waals surface area (Å²) in [6.07, 6.45) is 0.958. The molecule has 146 valence electrons. The molecule has 5 nitrogen and oxygen atoms in total. The molecule has 3 N–H and O–H groups in total. The zero-order chi connectivity index (χ0) is 19.3. The number of phenols is 1. The Bertz CT molecular complexity index is 726. The fraction of sp³-hybridized carbons (Fsp3) is 0.455. The molecule has 2 aromatic rings. The number of hydrogen-bond donors (Lipinski definition) is 3. The second-order valence-corrected chi connectivity index (χ2v) is 7.37. The van der Waals surface area contributed by atoms with E-state index >= 15 is 0 Å². The van der Waals surface area contributed by atoms with Gasteiger partial charge >= 0.3 is 0 Å². The van der Waals surface area contributed by atoms with Crippen LogP contribution in [0.4, 0.5) is 0 Å². The highest BCUT2D eigenvalue weighted by molar-refractivity contribution is 5.41. The summed E-state index contributed by atoms with van der Waals surface area (Å²) in [5.74, 6) is 0.665. The summed E-state index contributed by atoms with van der Waals surface area (Å²) in [4.78, 5) is 2.26. The zero-order valence-electron chi connectivity index (χ0n) is 15.8. The van der Waals surface area contributed by atoms with Gasteiger partial charge in [0.25, 0.3) is 0 Å². The van der Waals surface area contributed by atoms with Crippen molar-refractivity contribution in [2.75, 3.05) is 19.7 Å². The van der Waals surface area contributed by atoms with Crippen LogP contribution in [0.2, 0.25) is 0 Å². The third-order valence-electron chi connectivity index (χ3n) is 5.27. The molecule has 5 heteroatoms. The van der Waals surface area contributed by atoms with Crippen LogP contribution in [0.1, 0.15) is 43.4 Å². The van der Waals surface area contributed by atoms with Gasteiger partial charge in [0, 0.05) is 26.1 Å². The quantitative estimate of drug-likeness (QED) is 0.697. The predicted molar refractivity (Wildman–Crippen MR) is 105 cm³/mol. The molecular weight excluding hydrogens is 342 g/mol. The molecule has 0 radical (unpaired) electrons. The van der Waals surface area contributed by atoms with Gasteiger partial charge in [-0.3, -0.25) is 4.90 Å². The lowest BCUT2D eigenvalue weighted by atomic mass is 9.84. The number of aliphatic hydroxyl groups is 2. The smallest absolute Gasteiger partial charge is 0.160 e. The van der Waals surface area contributed by atoms with Crippen molar-refractivity contribution in [3.8, 4) is 11.5 Å². The van der Waals surface area contributed by atoms with Crippen molar-refractivity contribution >= 4 is 0 Å². The summed E-state index contributed by atoms with van der Waals surface area (Å²) in [5.41, 5.74) is 1.02. The molecule has 0 spiro atoms. The molecule has 0 aliphatic carbocycles. The standard InChI is InChI=1S/C22H29NO4/c1-2-27-21-9-8-17(14-19(21)24)16-23-12-10-22(26,11-13-23)15-20(25)18-6-4-3-5-7-18/h3-9,14,20,24-26H,2,10-13,15-16H2,1H3. The third-order valence-corrected chi connectivity index (χ3v) is 5.27. The number of phenolic OH excluding ortho intramolecular Hbond substituents is 1. The van der Waals surface area contributed by atoms with Gasteiger partial charge in [-0.2, -0.15) is 0 Å². The van der Waals surface area contributed by atoms with Crippen molar-refractivity contribution in [2.24, 2.45) is 0 Å². The second-order valence-electron chi connectivity index (χ2n) is 7.37. The monoisotopic (exact) mass is 371 g/mol. The molecule has 1 fully saturated rings. The van der Waals surface area contributed by atoms with Crippen LogP contribution in [-0.2, 0) is 6.54 Å². The Labute approximate surface area is 160 Å². The van der Waals surface area contributed by atoms with E-state index in [0.717, 1.165) is 30.8 Å². The summed E-state index contributed by atoms with van der Waals surface area (Å²) in [6.45, 7) is 4.64. The Kier molecular flexibility index (Phi) is 6.37. The minimum Gasteiger partial charge on any atom is -0.504 e. The topological polar surface area (TPSA) is 73.2 Å². The van der Waals surface area contributed by atoms with E-state index < -0.39 is 11.7 Å². The van der Waals surface area contributed by atoms with Gasteiger partial charge in [0.1, 0.15) is 0 Å². The van der Waals surface area contributed by atoms with Crippen LogP contribution in [0.3, 0.4) is 0 Å². The Morgan fingerprint density at radius 1 is 1.11 bits per heavy atom. The number of nitrogens with zero attached hydrogens (tertiary/aromatic N) is 1. The highest BCUT2D eigenvalue weighted by Crippen LogP contribution is 2.33. The van der Waals surface area contributed by atoms with Gasteiger partial charge in [0.15, 0.2) is 11.5 Å². The van der Waals surface area contributed by atoms with E-state index in [2.05, 4.69) is 4.90 Å². The van der Waals surface area contributed by atoms with Crippen molar-refractivity contribution in [3.05, 3.63) is 59.7 Å². The molecule has 1 aliphatic heterocycles. The molecule has 0 aromatic heterocycles. The highest BCUT2D eigenvalue weighted by atomic mass is 16.5. The fourth-order valence-electron chi connectivity index (χ4n) is 3.68. The van der Waals surface area contributed by atoms with Gasteiger partial charge in [-0.1, -0.05) is 36.4 Å². The maximum absolute atomic E-state index is 10.9. The van der Waals surface area contributed by atoms with Crippen LogP contribution in [0.15, 0.2) is 48.5 Å². The lowest BCUT2D eigenvalue weighted by Crippen LogP contribution is -2.44. The first-order valence-electron chi connectivity index (χ1n) is 9.61. The van der Waals surface area contributed by atoms with E-state index in [1.165, 1.54) is 0 Å². The predicted octanol–water partition coefficient (Wildman–Crippen LogP) is 3.24. The van der Waals surface area contributed by atoms with Crippen molar-refractivity contribution in [2.45, 2.75) is 44.4 Å². The van der Waals surface area contributed by atoms with Gasteiger partial charge in [-0.25, -0.2) is 0 Å². The van der Waals surface area contributed by atoms with Crippen LogP contribution in [-0.4, -0.2) is 45.5 Å². The minimum absolute atomic E-state index is 0.161.